The fourth-order valence-corrected chi connectivity index (χ4v) is 4.33. The maximum absolute atomic E-state index is 13.7. The van der Waals surface area contributed by atoms with Gasteiger partial charge in [0.15, 0.2) is 5.82 Å². The fourth-order valence-electron chi connectivity index (χ4n) is 4.33. The maximum Gasteiger partial charge on any atom is 0.255 e. The van der Waals surface area contributed by atoms with Crippen LogP contribution in [0.25, 0.3) is 11.4 Å². The standard InChI is InChI=1S/C28H26FN5O3/c1-4-37-21-15-11-18(12-16-21)25-24(27(35)31-22-7-5-6-8-23(22)36-3)17(2)30-28-32-26(33-34(25)28)19-9-13-20(29)14-10-19/h5-16,25H,4H2,1-3H3,(H,31,35)(H,30,32,33). The van der Waals surface area contributed by atoms with Crippen LogP contribution in [-0.4, -0.2) is 34.4 Å². The number of ether oxygens (including phenoxy) is 2. The zero-order chi connectivity index (χ0) is 25.9. The summed E-state index contributed by atoms with van der Waals surface area (Å²) in [6.07, 6.45) is 0. The largest absolute Gasteiger partial charge is 0.495 e. The van der Waals surface area contributed by atoms with Gasteiger partial charge in [-0.1, -0.05) is 24.3 Å². The zero-order valence-corrected chi connectivity index (χ0v) is 20.7. The van der Waals surface area contributed by atoms with E-state index >= 15 is 0 Å². The third-order valence-corrected chi connectivity index (χ3v) is 6.06. The van der Waals surface area contributed by atoms with Crippen LogP contribution in [0.1, 0.15) is 25.5 Å². The Labute approximate surface area is 213 Å². The second kappa shape index (κ2) is 10.1. The van der Waals surface area contributed by atoms with E-state index in [9.17, 15) is 9.18 Å². The van der Waals surface area contributed by atoms with Crippen molar-refractivity contribution in [2.45, 2.75) is 19.9 Å². The first-order valence-electron chi connectivity index (χ1n) is 11.9. The molecule has 0 spiro atoms. The number of aromatic nitrogens is 3. The highest BCUT2D eigenvalue weighted by molar-refractivity contribution is 6.06. The molecule has 2 heterocycles. The normalized spacial score (nSPS) is 14.5. The molecule has 37 heavy (non-hydrogen) atoms. The number of fused-ring (bicyclic) bond motifs is 1. The molecule has 5 rings (SSSR count). The number of carbonyl (C=O) groups is 1. The van der Waals surface area contributed by atoms with Crippen molar-refractivity contribution < 1.29 is 18.7 Å². The van der Waals surface area contributed by atoms with Gasteiger partial charge in [0, 0.05) is 11.3 Å². The molecule has 0 radical (unpaired) electrons. The molecule has 4 aromatic rings. The Morgan fingerprint density at radius 2 is 1.81 bits per heavy atom. The van der Waals surface area contributed by atoms with Gasteiger partial charge in [0.1, 0.15) is 23.4 Å². The molecule has 0 fully saturated rings. The van der Waals surface area contributed by atoms with E-state index in [0.717, 1.165) is 11.3 Å². The SMILES string of the molecule is CCOc1ccc(C2C(C(=O)Nc3ccccc3OC)=C(C)Nc3nc(-c4ccc(F)cc4)nn32)cc1. The second-order valence-electron chi connectivity index (χ2n) is 8.43. The fraction of sp³-hybridized carbons (Fsp3) is 0.179. The van der Waals surface area contributed by atoms with E-state index in [1.807, 2.05) is 50.2 Å². The summed E-state index contributed by atoms with van der Waals surface area (Å²) >= 11 is 0. The second-order valence-corrected chi connectivity index (χ2v) is 8.43. The van der Waals surface area contributed by atoms with Crippen LogP contribution in [-0.2, 0) is 4.79 Å². The predicted octanol–water partition coefficient (Wildman–Crippen LogP) is 5.42. The first-order valence-corrected chi connectivity index (χ1v) is 11.9. The minimum atomic E-state index is -0.580. The number of hydrogen-bond acceptors (Lipinski definition) is 6. The number of para-hydroxylation sites is 2. The molecular formula is C28H26FN5O3. The average Bonchev–Trinajstić information content (AvgIpc) is 3.33. The Bertz CT molecular complexity index is 1460. The van der Waals surface area contributed by atoms with Gasteiger partial charge in [0.05, 0.1) is 25.0 Å². The van der Waals surface area contributed by atoms with E-state index < -0.39 is 6.04 Å². The Balaban J connectivity index is 1.58. The van der Waals surface area contributed by atoms with E-state index in [4.69, 9.17) is 14.6 Å². The third kappa shape index (κ3) is 4.75. The van der Waals surface area contributed by atoms with E-state index in [2.05, 4.69) is 15.6 Å². The van der Waals surface area contributed by atoms with Crippen LogP contribution in [0.2, 0.25) is 0 Å². The van der Waals surface area contributed by atoms with Gasteiger partial charge in [-0.15, -0.1) is 5.10 Å². The number of methoxy groups -OCH3 is 1. The minimum absolute atomic E-state index is 0.308. The lowest BCUT2D eigenvalue weighted by molar-refractivity contribution is -0.113. The average molecular weight is 500 g/mol. The molecule has 1 aromatic heterocycles. The molecule has 9 heteroatoms. The summed E-state index contributed by atoms with van der Waals surface area (Å²) in [6.45, 7) is 4.30. The van der Waals surface area contributed by atoms with Crippen LogP contribution < -0.4 is 20.1 Å². The smallest absolute Gasteiger partial charge is 0.255 e. The van der Waals surface area contributed by atoms with Crippen molar-refractivity contribution in [3.8, 4) is 22.9 Å². The van der Waals surface area contributed by atoms with E-state index in [-0.39, 0.29) is 11.7 Å². The molecule has 1 atom stereocenters. The number of amides is 1. The first kappa shape index (κ1) is 24.1. The first-order chi connectivity index (χ1) is 18.0. The molecule has 0 bridgehead atoms. The van der Waals surface area contributed by atoms with Gasteiger partial charge in [-0.2, -0.15) is 4.98 Å². The van der Waals surface area contributed by atoms with Crippen molar-refractivity contribution in [3.63, 3.8) is 0 Å². The van der Waals surface area contributed by atoms with E-state index in [0.29, 0.717) is 46.7 Å². The van der Waals surface area contributed by atoms with Crippen LogP contribution in [0, 0.1) is 5.82 Å². The lowest BCUT2D eigenvalue weighted by atomic mass is 9.95. The van der Waals surface area contributed by atoms with Gasteiger partial charge >= 0.3 is 0 Å². The van der Waals surface area contributed by atoms with Crippen molar-refractivity contribution in [1.29, 1.82) is 0 Å². The summed E-state index contributed by atoms with van der Waals surface area (Å²) in [5, 5.41) is 10.9. The number of nitrogens with zero attached hydrogens (tertiary/aromatic N) is 3. The number of halogens is 1. The number of anilines is 2. The quantitative estimate of drug-likeness (QED) is 0.353. The summed E-state index contributed by atoms with van der Waals surface area (Å²) in [6, 6.07) is 20.2. The zero-order valence-electron chi connectivity index (χ0n) is 20.7. The summed E-state index contributed by atoms with van der Waals surface area (Å²) in [7, 11) is 1.55. The summed E-state index contributed by atoms with van der Waals surface area (Å²) in [5.74, 6) is 1.52. The Kier molecular flexibility index (Phi) is 6.59. The molecule has 2 N–H and O–H groups in total. The molecule has 1 aliphatic heterocycles. The van der Waals surface area contributed by atoms with Gasteiger partial charge in [0.2, 0.25) is 5.95 Å². The highest BCUT2D eigenvalue weighted by atomic mass is 19.1. The van der Waals surface area contributed by atoms with Gasteiger partial charge in [-0.3, -0.25) is 4.79 Å². The van der Waals surface area contributed by atoms with Crippen LogP contribution in [0.5, 0.6) is 11.5 Å². The van der Waals surface area contributed by atoms with Crippen molar-refractivity contribution in [3.05, 3.63) is 95.4 Å². The van der Waals surface area contributed by atoms with Crippen molar-refractivity contribution in [1.82, 2.24) is 14.8 Å². The Morgan fingerprint density at radius 3 is 2.51 bits per heavy atom. The molecule has 1 unspecified atom stereocenters. The van der Waals surface area contributed by atoms with E-state index in [1.54, 1.807) is 36.1 Å². The molecule has 0 saturated carbocycles. The molecule has 0 saturated heterocycles. The number of rotatable bonds is 7. The third-order valence-electron chi connectivity index (χ3n) is 6.06. The number of carbonyl (C=O) groups excluding carboxylic acids is 1. The highest BCUT2D eigenvalue weighted by Gasteiger charge is 2.34. The van der Waals surface area contributed by atoms with Crippen molar-refractivity contribution >= 4 is 17.5 Å². The minimum Gasteiger partial charge on any atom is -0.495 e. The summed E-state index contributed by atoms with van der Waals surface area (Å²) in [5.41, 5.74) is 3.14. The highest BCUT2D eigenvalue weighted by Crippen LogP contribution is 2.38. The predicted molar refractivity (Wildman–Crippen MR) is 139 cm³/mol. The van der Waals surface area contributed by atoms with Crippen LogP contribution in [0.3, 0.4) is 0 Å². The van der Waals surface area contributed by atoms with Crippen molar-refractivity contribution in [2.24, 2.45) is 0 Å². The molecule has 1 aliphatic rings. The molecule has 1 amide bonds. The summed E-state index contributed by atoms with van der Waals surface area (Å²) < 4.78 is 26.2. The number of allylic oxidation sites excluding steroid dienone is 1. The molecule has 3 aromatic carbocycles. The molecule has 0 aliphatic carbocycles. The lowest BCUT2D eigenvalue weighted by Gasteiger charge is -2.29. The number of benzene rings is 3. The van der Waals surface area contributed by atoms with E-state index in [1.165, 1.54) is 12.1 Å². The summed E-state index contributed by atoms with van der Waals surface area (Å²) in [4.78, 5) is 18.4. The Hall–Kier alpha value is -4.66. The molecular weight excluding hydrogens is 473 g/mol. The van der Waals surface area contributed by atoms with Crippen LogP contribution in [0.15, 0.2) is 84.1 Å². The van der Waals surface area contributed by atoms with Crippen LogP contribution >= 0.6 is 0 Å². The number of nitrogens with one attached hydrogen (secondary N) is 2. The lowest BCUT2D eigenvalue weighted by Crippen LogP contribution is -2.31. The van der Waals surface area contributed by atoms with Gasteiger partial charge in [-0.25, -0.2) is 9.07 Å². The van der Waals surface area contributed by atoms with Gasteiger partial charge in [-0.05, 0) is 67.9 Å². The monoisotopic (exact) mass is 499 g/mol. The van der Waals surface area contributed by atoms with Crippen LogP contribution in [0.4, 0.5) is 16.0 Å². The van der Waals surface area contributed by atoms with Gasteiger partial charge < -0.3 is 20.1 Å². The Morgan fingerprint density at radius 1 is 1.08 bits per heavy atom. The molecule has 8 nitrogen and oxygen atoms in total. The van der Waals surface area contributed by atoms with Gasteiger partial charge in [0.25, 0.3) is 5.91 Å². The molecule has 188 valence electrons. The van der Waals surface area contributed by atoms with Crippen molar-refractivity contribution in [2.75, 3.05) is 24.4 Å². The number of hydrogen-bond donors (Lipinski definition) is 2. The maximum atomic E-state index is 13.7. The topological polar surface area (TPSA) is 90.3 Å².